The fraction of sp³-hybridized carbons (Fsp3) is 0.467. The van der Waals surface area contributed by atoms with Crippen molar-refractivity contribution in [2.75, 3.05) is 0 Å². The fourth-order valence-electron chi connectivity index (χ4n) is 1.86. The van der Waals surface area contributed by atoms with E-state index in [-0.39, 0.29) is 12.5 Å². The number of carbonyl (C=O) groups excluding carboxylic acids is 1. The molecule has 116 valence electrons. The summed E-state index contributed by atoms with van der Waals surface area (Å²) in [6.45, 7) is 3.83. The summed E-state index contributed by atoms with van der Waals surface area (Å²) < 4.78 is 5.02. The van der Waals surface area contributed by atoms with E-state index in [0.717, 1.165) is 5.56 Å². The molecule has 3 N–H and O–H groups in total. The molecule has 0 bridgehead atoms. The van der Waals surface area contributed by atoms with Crippen LogP contribution in [0, 0.1) is 5.92 Å². The van der Waals surface area contributed by atoms with Crippen LogP contribution in [-0.4, -0.2) is 34.4 Å². The highest BCUT2D eigenvalue weighted by molar-refractivity contribution is 5.75. The van der Waals surface area contributed by atoms with E-state index in [1.54, 1.807) is 0 Å². The number of hydrogen-bond donors (Lipinski definition) is 3. The first kappa shape index (κ1) is 17.0. The molecule has 0 aliphatic rings. The first-order chi connectivity index (χ1) is 9.90. The van der Waals surface area contributed by atoms with Crippen LogP contribution in [0.4, 0.5) is 4.79 Å². The molecule has 0 radical (unpaired) electrons. The summed E-state index contributed by atoms with van der Waals surface area (Å²) in [7, 11) is 0. The normalized spacial score (nSPS) is 13.5. The van der Waals surface area contributed by atoms with Crippen LogP contribution in [0.15, 0.2) is 30.3 Å². The summed E-state index contributed by atoms with van der Waals surface area (Å²) in [5.74, 6) is -1.25. The van der Waals surface area contributed by atoms with E-state index in [0.29, 0.717) is 6.42 Å². The molecule has 0 unspecified atom stereocenters. The number of benzene rings is 1. The van der Waals surface area contributed by atoms with Crippen LogP contribution < -0.4 is 5.32 Å². The van der Waals surface area contributed by atoms with Crippen molar-refractivity contribution >= 4 is 12.1 Å². The number of carboxylic acids is 1. The molecule has 0 saturated carbocycles. The second-order valence-corrected chi connectivity index (χ2v) is 5.23. The van der Waals surface area contributed by atoms with E-state index in [1.807, 2.05) is 44.2 Å². The minimum Gasteiger partial charge on any atom is -0.479 e. The van der Waals surface area contributed by atoms with Gasteiger partial charge in [-0.3, -0.25) is 0 Å². The Morgan fingerprint density at radius 3 is 2.38 bits per heavy atom. The van der Waals surface area contributed by atoms with E-state index in [9.17, 15) is 14.7 Å². The Kier molecular flexibility index (Phi) is 6.68. The number of carbonyl (C=O) groups is 2. The average Bonchev–Trinajstić information content (AvgIpc) is 2.44. The largest absolute Gasteiger partial charge is 0.479 e. The van der Waals surface area contributed by atoms with Crippen molar-refractivity contribution in [2.45, 2.75) is 39.0 Å². The standard InChI is InChI=1S/C15H21NO5/c1-10(2)8-12(13(17)14(18)19)16-15(20)21-9-11-6-4-3-5-7-11/h3-7,10,12-13,17H,8-9H2,1-2H3,(H,16,20)(H,18,19)/t12-,13+/m0/s1. The summed E-state index contributed by atoms with van der Waals surface area (Å²) in [5, 5.41) is 20.9. The zero-order chi connectivity index (χ0) is 15.8. The Labute approximate surface area is 123 Å². The van der Waals surface area contributed by atoms with Gasteiger partial charge in [0.1, 0.15) is 6.61 Å². The molecule has 0 fully saturated rings. The molecule has 2 atom stereocenters. The molecule has 0 saturated heterocycles. The summed E-state index contributed by atoms with van der Waals surface area (Å²) in [4.78, 5) is 22.5. The summed E-state index contributed by atoms with van der Waals surface area (Å²) in [6.07, 6.45) is -2.06. The van der Waals surface area contributed by atoms with E-state index in [4.69, 9.17) is 9.84 Å². The quantitative estimate of drug-likeness (QED) is 0.712. The summed E-state index contributed by atoms with van der Waals surface area (Å²) >= 11 is 0. The third kappa shape index (κ3) is 6.27. The zero-order valence-corrected chi connectivity index (χ0v) is 12.2. The van der Waals surface area contributed by atoms with Crippen molar-refractivity contribution < 1.29 is 24.5 Å². The van der Waals surface area contributed by atoms with Crippen LogP contribution in [0.1, 0.15) is 25.8 Å². The Hall–Kier alpha value is -2.08. The van der Waals surface area contributed by atoms with Crippen molar-refractivity contribution in [2.24, 2.45) is 5.92 Å². The summed E-state index contributed by atoms with van der Waals surface area (Å²) in [6, 6.07) is 8.24. The van der Waals surface area contributed by atoms with Gasteiger partial charge in [-0.1, -0.05) is 44.2 Å². The van der Waals surface area contributed by atoms with E-state index < -0.39 is 24.2 Å². The lowest BCUT2D eigenvalue weighted by molar-refractivity contribution is -0.148. The Bertz CT molecular complexity index is 460. The molecule has 0 spiro atoms. The highest BCUT2D eigenvalue weighted by atomic mass is 16.5. The molecule has 6 nitrogen and oxygen atoms in total. The van der Waals surface area contributed by atoms with Crippen molar-refractivity contribution in [3.8, 4) is 0 Å². The van der Waals surface area contributed by atoms with Crippen molar-refractivity contribution in [3.05, 3.63) is 35.9 Å². The number of alkyl carbamates (subject to hydrolysis) is 1. The molecule has 1 aromatic carbocycles. The van der Waals surface area contributed by atoms with Gasteiger partial charge in [0.2, 0.25) is 0 Å². The molecular weight excluding hydrogens is 274 g/mol. The predicted molar refractivity (Wildman–Crippen MR) is 76.6 cm³/mol. The highest BCUT2D eigenvalue weighted by Gasteiger charge is 2.28. The van der Waals surface area contributed by atoms with Crippen LogP contribution >= 0.6 is 0 Å². The zero-order valence-electron chi connectivity index (χ0n) is 12.2. The number of aliphatic carboxylic acids is 1. The number of nitrogens with one attached hydrogen (secondary N) is 1. The predicted octanol–water partition coefficient (Wildman–Crippen LogP) is 1.77. The van der Waals surface area contributed by atoms with Gasteiger partial charge in [-0.2, -0.15) is 0 Å². The number of amides is 1. The van der Waals surface area contributed by atoms with Crippen LogP contribution in [0.3, 0.4) is 0 Å². The van der Waals surface area contributed by atoms with Gasteiger partial charge in [0, 0.05) is 0 Å². The average molecular weight is 295 g/mol. The number of rotatable bonds is 7. The second kappa shape index (κ2) is 8.26. The molecule has 6 heteroatoms. The number of carboxylic acid groups (broad SMARTS) is 1. The number of ether oxygens (including phenoxy) is 1. The Balaban J connectivity index is 2.53. The van der Waals surface area contributed by atoms with Crippen LogP contribution in [0.5, 0.6) is 0 Å². The maximum absolute atomic E-state index is 11.7. The molecular formula is C15H21NO5. The van der Waals surface area contributed by atoms with Crippen LogP contribution in [-0.2, 0) is 16.1 Å². The third-order valence-corrected chi connectivity index (χ3v) is 2.88. The van der Waals surface area contributed by atoms with Crippen molar-refractivity contribution in [1.82, 2.24) is 5.32 Å². The first-order valence-corrected chi connectivity index (χ1v) is 6.78. The van der Waals surface area contributed by atoms with Crippen molar-refractivity contribution in [1.29, 1.82) is 0 Å². The minimum absolute atomic E-state index is 0.0875. The number of aliphatic hydroxyl groups excluding tert-OH is 1. The molecule has 0 heterocycles. The molecule has 0 aromatic heterocycles. The monoisotopic (exact) mass is 295 g/mol. The van der Waals surface area contributed by atoms with Gasteiger partial charge in [-0.05, 0) is 17.9 Å². The molecule has 0 aliphatic heterocycles. The Morgan fingerprint density at radius 1 is 1.24 bits per heavy atom. The maximum Gasteiger partial charge on any atom is 0.407 e. The number of aliphatic hydroxyl groups is 1. The van der Waals surface area contributed by atoms with E-state index in [2.05, 4.69) is 5.32 Å². The van der Waals surface area contributed by atoms with Gasteiger partial charge in [0.05, 0.1) is 6.04 Å². The number of hydrogen-bond acceptors (Lipinski definition) is 4. The van der Waals surface area contributed by atoms with Gasteiger partial charge >= 0.3 is 12.1 Å². The lowest BCUT2D eigenvalue weighted by Gasteiger charge is -2.22. The van der Waals surface area contributed by atoms with Crippen LogP contribution in [0.25, 0.3) is 0 Å². The summed E-state index contributed by atoms with van der Waals surface area (Å²) in [5.41, 5.74) is 0.826. The minimum atomic E-state index is -1.66. The first-order valence-electron chi connectivity index (χ1n) is 6.78. The lowest BCUT2D eigenvalue weighted by Crippen LogP contribution is -2.47. The maximum atomic E-state index is 11.7. The molecule has 21 heavy (non-hydrogen) atoms. The SMILES string of the molecule is CC(C)C[C@H](NC(=O)OCc1ccccc1)[C@@H](O)C(=O)O. The molecule has 1 aromatic rings. The van der Waals surface area contributed by atoms with Gasteiger partial charge < -0.3 is 20.3 Å². The second-order valence-electron chi connectivity index (χ2n) is 5.23. The fourth-order valence-corrected chi connectivity index (χ4v) is 1.86. The third-order valence-electron chi connectivity index (χ3n) is 2.88. The highest BCUT2D eigenvalue weighted by Crippen LogP contribution is 2.09. The smallest absolute Gasteiger partial charge is 0.407 e. The topological polar surface area (TPSA) is 95.9 Å². The Morgan fingerprint density at radius 2 is 1.86 bits per heavy atom. The van der Waals surface area contributed by atoms with Gasteiger partial charge in [0.25, 0.3) is 0 Å². The van der Waals surface area contributed by atoms with Gasteiger partial charge in [-0.15, -0.1) is 0 Å². The van der Waals surface area contributed by atoms with Gasteiger partial charge in [0.15, 0.2) is 6.10 Å². The molecule has 0 aliphatic carbocycles. The van der Waals surface area contributed by atoms with E-state index >= 15 is 0 Å². The van der Waals surface area contributed by atoms with Gasteiger partial charge in [-0.25, -0.2) is 9.59 Å². The molecule has 1 rings (SSSR count). The van der Waals surface area contributed by atoms with Crippen molar-refractivity contribution in [3.63, 3.8) is 0 Å². The molecule has 1 amide bonds. The van der Waals surface area contributed by atoms with Crippen LogP contribution in [0.2, 0.25) is 0 Å². The lowest BCUT2D eigenvalue weighted by atomic mass is 9.99. The van der Waals surface area contributed by atoms with E-state index in [1.165, 1.54) is 0 Å².